The molecule has 1 aliphatic rings. The number of methoxy groups -OCH3 is 3. The summed E-state index contributed by atoms with van der Waals surface area (Å²) in [6.07, 6.45) is 1.69. The molecule has 0 atom stereocenters. The van der Waals surface area contributed by atoms with Gasteiger partial charge in [-0.15, -0.1) is 0 Å². The van der Waals surface area contributed by atoms with Gasteiger partial charge >= 0.3 is 0 Å². The second-order valence-corrected chi connectivity index (χ2v) is 7.40. The Morgan fingerprint density at radius 3 is 2.30 bits per heavy atom. The lowest BCUT2D eigenvalue weighted by molar-refractivity contribution is -0.117. The second kappa shape index (κ2) is 9.71. The predicted molar refractivity (Wildman–Crippen MR) is 116 cm³/mol. The van der Waals surface area contributed by atoms with Gasteiger partial charge in [-0.25, -0.2) is 0 Å². The maximum Gasteiger partial charge on any atom is 0.224 e. The second-order valence-electron chi connectivity index (χ2n) is 7.40. The van der Waals surface area contributed by atoms with E-state index in [1.165, 1.54) is 0 Å². The molecule has 7 nitrogen and oxygen atoms in total. The molecule has 1 heterocycles. The number of anilines is 1. The minimum atomic E-state index is 0.00566. The Kier molecular flexibility index (Phi) is 7.05. The molecule has 162 valence electrons. The molecule has 1 fully saturated rings. The van der Waals surface area contributed by atoms with Crippen LogP contribution < -0.4 is 19.1 Å². The molecule has 1 N–H and O–H groups in total. The van der Waals surface area contributed by atoms with Crippen molar-refractivity contribution in [2.45, 2.75) is 32.4 Å². The summed E-state index contributed by atoms with van der Waals surface area (Å²) in [4.78, 5) is 16.6. The number of phenolic OH excluding ortho intramolecular Hbond substituents is 1. The van der Waals surface area contributed by atoms with Crippen molar-refractivity contribution in [2.24, 2.45) is 0 Å². The Morgan fingerprint density at radius 1 is 1.03 bits per heavy atom. The topological polar surface area (TPSA) is 71.5 Å². The zero-order valence-electron chi connectivity index (χ0n) is 18.1. The number of carbonyl (C=O) groups is 1. The molecule has 1 amide bonds. The summed E-state index contributed by atoms with van der Waals surface area (Å²) in [6, 6.07) is 11.2. The molecule has 2 aromatic carbocycles. The summed E-state index contributed by atoms with van der Waals surface area (Å²) >= 11 is 0. The maximum absolute atomic E-state index is 12.5. The average molecular weight is 415 g/mol. The standard InChI is InChI=1S/C23H30N2O5/c1-16(26)25(19-8-9-20(28-2)22(14-19)30-4)18-10-12-24(13-11-18)15-17-6-5-7-21(29-3)23(17)27/h5-9,14,18,27H,10-13,15H2,1-4H3. The number of hydrogen-bond acceptors (Lipinski definition) is 6. The number of nitrogens with zero attached hydrogens (tertiary/aromatic N) is 2. The highest BCUT2D eigenvalue weighted by Crippen LogP contribution is 2.34. The van der Waals surface area contributed by atoms with Crippen LogP contribution in [0.25, 0.3) is 0 Å². The van der Waals surface area contributed by atoms with Crippen molar-refractivity contribution in [3.8, 4) is 23.0 Å². The number of carbonyl (C=O) groups excluding carboxylic acids is 1. The molecule has 2 aromatic rings. The van der Waals surface area contributed by atoms with Crippen LogP contribution >= 0.6 is 0 Å². The van der Waals surface area contributed by atoms with Crippen molar-refractivity contribution in [1.82, 2.24) is 4.90 Å². The Hall–Kier alpha value is -2.93. The van der Waals surface area contributed by atoms with Gasteiger partial charge in [0.15, 0.2) is 23.0 Å². The lowest BCUT2D eigenvalue weighted by atomic mass is 10.0. The van der Waals surface area contributed by atoms with Crippen LogP contribution in [0.15, 0.2) is 36.4 Å². The molecule has 7 heteroatoms. The van der Waals surface area contributed by atoms with Gasteiger partial charge in [0, 0.05) is 49.9 Å². The molecular weight excluding hydrogens is 384 g/mol. The molecule has 30 heavy (non-hydrogen) atoms. The van der Waals surface area contributed by atoms with Crippen molar-refractivity contribution in [2.75, 3.05) is 39.3 Å². The van der Waals surface area contributed by atoms with Crippen LogP contribution in [0.1, 0.15) is 25.3 Å². The van der Waals surface area contributed by atoms with Gasteiger partial charge in [-0.05, 0) is 31.0 Å². The number of phenols is 1. The first-order valence-corrected chi connectivity index (χ1v) is 10.1. The van der Waals surface area contributed by atoms with Gasteiger partial charge in [-0.1, -0.05) is 12.1 Å². The molecule has 0 spiro atoms. The fourth-order valence-corrected chi connectivity index (χ4v) is 4.06. The fraction of sp³-hybridized carbons (Fsp3) is 0.435. The molecular formula is C23H30N2O5. The van der Waals surface area contributed by atoms with E-state index in [0.29, 0.717) is 23.8 Å². The van der Waals surface area contributed by atoms with Gasteiger partial charge in [0.25, 0.3) is 0 Å². The zero-order valence-corrected chi connectivity index (χ0v) is 18.1. The van der Waals surface area contributed by atoms with Gasteiger partial charge in [0.1, 0.15) is 0 Å². The Labute approximate surface area is 177 Å². The predicted octanol–water partition coefficient (Wildman–Crippen LogP) is 3.44. The van der Waals surface area contributed by atoms with E-state index >= 15 is 0 Å². The monoisotopic (exact) mass is 414 g/mol. The maximum atomic E-state index is 12.5. The Morgan fingerprint density at radius 2 is 1.70 bits per heavy atom. The van der Waals surface area contributed by atoms with Crippen molar-refractivity contribution in [3.05, 3.63) is 42.0 Å². The summed E-state index contributed by atoms with van der Waals surface area (Å²) in [5.41, 5.74) is 1.65. The Bertz CT molecular complexity index is 878. The molecule has 0 bridgehead atoms. The van der Waals surface area contributed by atoms with Gasteiger partial charge < -0.3 is 24.2 Å². The summed E-state index contributed by atoms with van der Waals surface area (Å²) in [5, 5.41) is 10.3. The van der Waals surface area contributed by atoms with E-state index in [9.17, 15) is 9.90 Å². The smallest absolute Gasteiger partial charge is 0.224 e. The van der Waals surface area contributed by atoms with Gasteiger partial charge in [-0.2, -0.15) is 0 Å². The highest BCUT2D eigenvalue weighted by atomic mass is 16.5. The SMILES string of the molecule is COc1ccc(N(C(C)=O)C2CCN(Cc3cccc(OC)c3O)CC2)cc1OC. The van der Waals surface area contributed by atoms with Crippen LogP contribution in [0, 0.1) is 0 Å². The van der Waals surface area contributed by atoms with E-state index in [4.69, 9.17) is 14.2 Å². The number of benzene rings is 2. The number of para-hydroxylation sites is 1. The third kappa shape index (κ3) is 4.62. The van der Waals surface area contributed by atoms with Crippen LogP contribution in [-0.4, -0.2) is 56.4 Å². The minimum absolute atomic E-state index is 0.00566. The number of amides is 1. The van der Waals surface area contributed by atoms with Crippen LogP contribution in [0.4, 0.5) is 5.69 Å². The van der Waals surface area contributed by atoms with E-state index in [1.54, 1.807) is 34.3 Å². The van der Waals surface area contributed by atoms with Crippen LogP contribution in [-0.2, 0) is 11.3 Å². The number of aromatic hydroxyl groups is 1. The van der Waals surface area contributed by atoms with Crippen LogP contribution in [0.5, 0.6) is 23.0 Å². The first-order valence-electron chi connectivity index (χ1n) is 10.1. The lowest BCUT2D eigenvalue weighted by Crippen LogP contribution is -2.46. The number of piperidine rings is 1. The van der Waals surface area contributed by atoms with Gasteiger partial charge in [0.2, 0.25) is 5.91 Å². The normalized spacial score (nSPS) is 14.9. The number of rotatable bonds is 7. The molecule has 1 saturated heterocycles. The number of ether oxygens (including phenoxy) is 3. The first kappa shape index (κ1) is 21.8. The molecule has 0 aliphatic carbocycles. The molecule has 0 radical (unpaired) electrons. The number of hydrogen-bond donors (Lipinski definition) is 1. The molecule has 0 saturated carbocycles. The summed E-state index contributed by atoms with van der Waals surface area (Å²) < 4.78 is 15.9. The van der Waals surface area contributed by atoms with Crippen LogP contribution in [0.3, 0.4) is 0 Å². The summed E-state index contributed by atoms with van der Waals surface area (Å²) in [6.45, 7) is 3.90. The summed E-state index contributed by atoms with van der Waals surface area (Å²) in [5.74, 6) is 1.92. The quantitative estimate of drug-likeness (QED) is 0.748. The van der Waals surface area contributed by atoms with E-state index in [1.807, 2.05) is 35.2 Å². The van der Waals surface area contributed by atoms with Crippen molar-refractivity contribution < 1.29 is 24.1 Å². The molecule has 0 aromatic heterocycles. The largest absolute Gasteiger partial charge is 0.504 e. The Balaban J connectivity index is 1.70. The highest BCUT2D eigenvalue weighted by Gasteiger charge is 2.28. The fourth-order valence-electron chi connectivity index (χ4n) is 4.06. The zero-order chi connectivity index (χ0) is 21.7. The number of likely N-dealkylation sites (tertiary alicyclic amines) is 1. The van der Waals surface area contributed by atoms with Gasteiger partial charge in [-0.3, -0.25) is 9.69 Å². The molecule has 1 aliphatic heterocycles. The van der Waals surface area contributed by atoms with E-state index in [2.05, 4.69) is 4.90 Å². The third-order valence-electron chi connectivity index (χ3n) is 5.60. The van der Waals surface area contributed by atoms with Crippen molar-refractivity contribution in [3.63, 3.8) is 0 Å². The first-order chi connectivity index (χ1) is 14.5. The average Bonchev–Trinajstić information content (AvgIpc) is 2.76. The lowest BCUT2D eigenvalue weighted by Gasteiger charge is -2.38. The van der Waals surface area contributed by atoms with E-state index in [0.717, 1.165) is 37.2 Å². The van der Waals surface area contributed by atoms with Crippen molar-refractivity contribution >= 4 is 11.6 Å². The summed E-state index contributed by atoms with van der Waals surface area (Å²) in [7, 11) is 4.73. The van der Waals surface area contributed by atoms with Crippen LogP contribution in [0.2, 0.25) is 0 Å². The minimum Gasteiger partial charge on any atom is -0.504 e. The third-order valence-corrected chi connectivity index (χ3v) is 5.60. The molecule has 0 unspecified atom stereocenters. The van der Waals surface area contributed by atoms with Gasteiger partial charge in [0.05, 0.1) is 21.3 Å². The highest BCUT2D eigenvalue weighted by molar-refractivity contribution is 5.92. The van der Waals surface area contributed by atoms with E-state index in [-0.39, 0.29) is 17.7 Å². The molecule has 3 rings (SSSR count). The van der Waals surface area contributed by atoms with Crippen molar-refractivity contribution in [1.29, 1.82) is 0 Å². The van der Waals surface area contributed by atoms with E-state index < -0.39 is 0 Å².